The highest BCUT2D eigenvalue weighted by Crippen LogP contribution is 2.42. The normalized spacial score (nSPS) is 10.7. The first-order valence-electron chi connectivity index (χ1n) is 16.2. The summed E-state index contributed by atoms with van der Waals surface area (Å²) in [5, 5.41) is 10.5. The molecule has 0 aliphatic heterocycles. The molecule has 0 aliphatic carbocycles. The second kappa shape index (κ2) is 13.2. The number of pyridine rings is 2. The summed E-state index contributed by atoms with van der Waals surface area (Å²) in [5.74, 6) is 0. The standard InChI is InChI=1S/C45H32N4/c1-29-10-16-34(17-11-29)41-26-38(40(28-46)43(48-41)36-8-6-5-7-9-36)32-22-24-33(25-23-32)39-27-42(35-18-12-30(2)13-19-35)49-44(45(39)47-4)37-20-14-31(3)15-21-37/h5-27H,1-3H3. The van der Waals surface area contributed by atoms with Crippen LogP contribution in [0.15, 0.2) is 140 Å². The molecule has 5 aromatic carbocycles. The molecule has 0 atom stereocenters. The third-order valence-corrected chi connectivity index (χ3v) is 8.81. The molecule has 7 rings (SSSR count). The van der Waals surface area contributed by atoms with Gasteiger partial charge in [-0.25, -0.2) is 9.83 Å². The molecule has 4 heteroatoms. The van der Waals surface area contributed by atoms with Crippen molar-refractivity contribution in [2.45, 2.75) is 20.8 Å². The molecule has 0 N–H and O–H groups in total. The lowest BCUT2D eigenvalue weighted by Gasteiger charge is -2.15. The molecule has 232 valence electrons. The highest BCUT2D eigenvalue weighted by atomic mass is 14.8. The SMILES string of the molecule is [C-]#[N+]c1c(-c2ccc(-c3cc(-c4ccc(C)cc4)nc(-c4ccccc4)c3C#N)cc2)cc(-c2ccc(C)cc2)nc1-c1ccc(C)cc1. The monoisotopic (exact) mass is 628 g/mol. The minimum atomic E-state index is 0.502. The van der Waals surface area contributed by atoms with E-state index < -0.39 is 0 Å². The Morgan fingerprint density at radius 2 is 0.898 bits per heavy atom. The van der Waals surface area contributed by atoms with Crippen molar-refractivity contribution in [1.82, 2.24) is 9.97 Å². The van der Waals surface area contributed by atoms with Crippen molar-refractivity contribution < 1.29 is 0 Å². The van der Waals surface area contributed by atoms with Gasteiger partial charge in [0, 0.05) is 22.3 Å². The zero-order valence-electron chi connectivity index (χ0n) is 27.6. The smallest absolute Gasteiger partial charge is 0.220 e. The third-order valence-electron chi connectivity index (χ3n) is 8.81. The molecular weight excluding hydrogens is 597 g/mol. The average Bonchev–Trinajstić information content (AvgIpc) is 3.15. The molecule has 0 amide bonds. The lowest BCUT2D eigenvalue weighted by Crippen LogP contribution is -1.97. The molecule has 2 heterocycles. The molecule has 0 saturated carbocycles. The van der Waals surface area contributed by atoms with Crippen molar-refractivity contribution in [1.29, 1.82) is 5.26 Å². The van der Waals surface area contributed by atoms with E-state index in [-0.39, 0.29) is 0 Å². The fraction of sp³-hybridized carbons (Fsp3) is 0.0667. The summed E-state index contributed by atoms with van der Waals surface area (Å²) >= 11 is 0. The van der Waals surface area contributed by atoms with Crippen molar-refractivity contribution in [3.05, 3.63) is 173 Å². The van der Waals surface area contributed by atoms with Gasteiger partial charge in [0.15, 0.2) is 0 Å². The molecule has 0 bridgehead atoms. The van der Waals surface area contributed by atoms with Crippen molar-refractivity contribution in [3.8, 4) is 73.4 Å². The van der Waals surface area contributed by atoms with Gasteiger partial charge in [-0.05, 0) is 55.2 Å². The summed E-state index contributed by atoms with van der Waals surface area (Å²) in [6.07, 6.45) is 0. The Morgan fingerprint density at radius 1 is 0.490 bits per heavy atom. The Labute approximate surface area is 287 Å². The van der Waals surface area contributed by atoms with E-state index in [0.717, 1.165) is 61.5 Å². The van der Waals surface area contributed by atoms with Gasteiger partial charge in [0.2, 0.25) is 5.69 Å². The highest BCUT2D eigenvalue weighted by Gasteiger charge is 2.20. The van der Waals surface area contributed by atoms with Crippen LogP contribution >= 0.6 is 0 Å². The molecule has 4 nitrogen and oxygen atoms in total. The van der Waals surface area contributed by atoms with Gasteiger partial charge < -0.3 is 0 Å². The van der Waals surface area contributed by atoms with E-state index in [2.05, 4.69) is 80.2 Å². The number of rotatable bonds is 6. The summed E-state index contributed by atoms with van der Waals surface area (Å²) < 4.78 is 0. The molecule has 49 heavy (non-hydrogen) atoms. The van der Waals surface area contributed by atoms with Gasteiger partial charge in [-0.15, -0.1) is 0 Å². The predicted octanol–water partition coefficient (Wildman–Crippen LogP) is 11.8. The molecular formula is C45H32N4. The number of hydrogen-bond donors (Lipinski definition) is 0. The maximum atomic E-state index is 10.5. The molecule has 0 unspecified atom stereocenters. The Hall–Kier alpha value is -6.62. The van der Waals surface area contributed by atoms with Gasteiger partial charge in [0.1, 0.15) is 6.07 Å². The van der Waals surface area contributed by atoms with Crippen molar-refractivity contribution in [2.75, 3.05) is 0 Å². The van der Waals surface area contributed by atoms with Gasteiger partial charge in [-0.3, -0.25) is 4.98 Å². The highest BCUT2D eigenvalue weighted by molar-refractivity contribution is 5.92. The molecule has 0 saturated heterocycles. The summed E-state index contributed by atoms with van der Waals surface area (Å²) in [6, 6.07) is 49.2. The van der Waals surface area contributed by atoms with Gasteiger partial charge in [0.05, 0.1) is 34.9 Å². The number of hydrogen-bond acceptors (Lipinski definition) is 3. The zero-order valence-corrected chi connectivity index (χ0v) is 27.6. The Morgan fingerprint density at radius 3 is 1.39 bits per heavy atom. The fourth-order valence-corrected chi connectivity index (χ4v) is 6.05. The van der Waals surface area contributed by atoms with Crippen LogP contribution < -0.4 is 0 Å². The number of aromatic nitrogens is 2. The second-order valence-corrected chi connectivity index (χ2v) is 12.3. The molecule has 0 spiro atoms. The third kappa shape index (κ3) is 6.24. The van der Waals surface area contributed by atoms with E-state index in [1.807, 2.05) is 91.0 Å². The summed E-state index contributed by atoms with van der Waals surface area (Å²) in [4.78, 5) is 14.1. The summed E-state index contributed by atoms with van der Waals surface area (Å²) in [6.45, 7) is 14.4. The lowest BCUT2D eigenvalue weighted by molar-refractivity contribution is 1.29. The van der Waals surface area contributed by atoms with Crippen molar-refractivity contribution in [3.63, 3.8) is 0 Å². The van der Waals surface area contributed by atoms with Crippen LogP contribution in [0.3, 0.4) is 0 Å². The number of nitrogens with zero attached hydrogens (tertiary/aromatic N) is 4. The first-order chi connectivity index (χ1) is 23.9. The zero-order chi connectivity index (χ0) is 33.9. The van der Waals surface area contributed by atoms with Gasteiger partial charge in [-0.1, -0.05) is 144 Å². The predicted molar refractivity (Wildman–Crippen MR) is 200 cm³/mol. The summed E-state index contributed by atoms with van der Waals surface area (Å²) in [7, 11) is 0. The van der Waals surface area contributed by atoms with E-state index in [1.165, 1.54) is 11.1 Å². The lowest BCUT2D eigenvalue weighted by atomic mass is 9.92. The first-order valence-corrected chi connectivity index (χ1v) is 16.2. The Balaban J connectivity index is 1.40. The maximum absolute atomic E-state index is 10.5. The van der Waals surface area contributed by atoms with Crippen LogP contribution in [0.4, 0.5) is 5.69 Å². The topological polar surface area (TPSA) is 53.9 Å². The van der Waals surface area contributed by atoms with Gasteiger partial charge >= 0.3 is 0 Å². The van der Waals surface area contributed by atoms with E-state index in [1.54, 1.807) is 0 Å². The van der Waals surface area contributed by atoms with Crippen LogP contribution in [-0.2, 0) is 0 Å². The minimum absolute atomic E-state index is 0.502. The van der Waals surface area contributed by atoms with Crippen molar-refractivity contribution >= 4 is 5.69 Å². The molecule has 0 radical (unpaired) electrons. The van der Waals surface area contributed by atoms with Crippen LogP contribution in [0.5, 0.6) is 0 Å². The Bertz CT molecular complexity index is 2380. The van der Waals surface area contributed by atoms with Crippen LogP contribution in [0.2, 0.25) is 0 Å². The number of nitriles is 1. The molecule has 0 fully saturated rings. The van der Waals surface area contributed by atoms with Crippen LogP contribution in [0.25, 0.3) is 72.1 Å². The molecule has 7 aromatic rings. The largest absolute Gasteiger partial charge is 0.259 e. The minimum Gasteiger partial charge on any atom is -0.259 e. The Kier molecular flexibility index (Phi) is 8.38. The van der Waals surface area contributed by atoms with Crippen LogP contribution in [-0.4, -0.2) is 9.97 Å². The molecule has 0 aliphatic rings. The van der Waals surface area contributed by atoms with Gasteiger partial charge in [-0.2, -0.15) is 5.26 Å². The van der Waals surface area contributed by atoms with Crippen LogP contribution in [0, 0.1) is 38.7 Å². The summed E-state index contributed by atoms with van der Waals surface area (Å²) in [5.41, 5.74) is 14.6. The second-order valence-electron chi connectivity index (χ2n) is 12.3. The first kappa shape index (κ1) is 31.0. The van der Waals surface area contributed by atoms with E-state index in [0.29, 0.717) is 22.6 Å². The number of aryl methyl sites for hydroxylation is 3. The quantitative estimate of drug-likeness (QED) is 0.172. The van der Waals surface area contributed by atoms with Crippen molar-refractivity contribution in [2.24, 2.45) is 0 Å². The van der Waals surface area contributed by atoms with Crippen LogP contribution in [0.1, 0.15) is 22.3 Å². The van der Waals surface area contributed by atoms with Gasteiger partial charge in [0.25, 0.3) is 0 Å². The molecule has 2 aromatic heterocycles. The number of benzene rings is 5. The fourth-order valence-electron chi connectivity index (χ4n) is 6.05. The average molecular weight is 629 g/mol. The van der Waals surface area contributed by atoms with E-state index in [4.69, 9.17) is 16.5 Å². The van der Waals surface area contributed by atoms with E-state index >= 15 is 0 Å². The maximum Gasteiger partial charge on any atom is 0.220 e. The van der Waals surface area contributed by atoms with E-state index in [9.17, 15) is 5.26 Å².